The number of anilines is 1. The van der Waals surface area contributed by atoms with Crippen LogP contribution < -0.4 is 5.32 Å². The number of nitrogens with zero attached hydrogens (tertiary/aromatic N) is 1. The topological polar surface area (TPSA) is 64.4 Å². The molecule has 1 saturated heterocycles. The molecule has 0 bridgehead atoms. The van der Waals surface area contributed by atoms with Crippen LogP contribution in [0.15, 0.2) is 48.5 Å². The zero-order valence-electron chi connectivity index (χ0n) is 12.4. The maximum absolute atomic E-state index is 13.6. The first-order chi connectivity index (χ1) is 11.2. The highest BCUT2D eigenvalue weighted by Gasteiger charge is 2.30. The van der Waals surface area contributed by atoms with Gasteiger partial charge in [0.15, 0.2) is 0 Å². The summed E-state index contributed by atoms with van der Waals surface area (Å²) in [4.78, 5) is 10.3. The molecule has 1 N–H and O–H groups in total. The first kappa shape index (κ1) is 15.4. The summed E-state index contributed by atoms with van der Waals surface area (Å²) >= 11 is 0. The van der Waals surface area contributed by atoms with Crippen molar-refractivity contribution in [1.82, 2.24) is 0 Å². The molecule has 1 heterocycles. The second-order valence-electron chi connectivity index (χ2n) is 5.52. The Labute approximate surface area is 133 Å². The highest BCUT2D eigenvalue weighted by molar-refractivity contribution is 5.62. The number of ether oxygens (including phenoxy) is 1. The minimum absolute atomic E-state index is 0.0451. The van der Waals surface area contributed by atoms with Crippen molar-refractivity contribution >= 4 is 11.4 Å². The summed E-state index contributed by atoms with van der Waals surface area (Å²) in [6.07, 6.45) is 0.812. The van der Waals surface area contributed by atoms with E-state index >= 15 is 0 Å². The van der Waals surface area contributed by atoms with Gasteiger partial charge < -0.3 is 10.1 Å². The highest BCUT2D eigenvalue weighted by atomic mass is 19.1. The number of nitro benzene ring substituents is 1. The molecule has 1 aliphatic heterocycles. The maximum atomic E-state index is 13.6. The summed E-state index contributed by atoms with van der Waals surface area (Å²) in [6, 6.07) is 14.0. The number of halogens is 1. The van der Waals surface area contributed by atoms with Gasteiger partial charge in [0.2, 0.25) is 5.82 Å². The molecule has 2 unspecified atom stereocenters. The van der Waals surface area contributed by atoms with E-state index in [4.69, 9.17) is 4.74 Å². The van der Waals surface area contributed by atoms with Crippen molar-refractivity contribution in [3.05, 3.63) is 70.0 Å². The van der Waals surface area contributed by atoms with Gasteiger partial charge in [0.1, 0.15) is 5.69 Å². The third-order valence-electron chi connectivity index (χ3n) is 4.07. The molecule has 2 aromatic carbocycles. The first-order valence-electron chi connectivity index (χ1n) is 7.50. The van der Waals surface area contributed by atoms with Gasteiger partial charge in [-0.05, 0) is 24.1 Å². The molecule has 23 heavy (non-hydrogen) atoms. The van der Waals surface area contributed by atoms with Crippen LogP contribution in [-0.2, 0) is 4.74 Å². The van der Waals surface area contributed by atoms with Gasteiger partial charge in [-0.1, -0.05) is 36.4 Å². The lowest BCUT2D eigenvalue weighted by atomic mass is 9.95. The molecule has 1 fully saturated rings. The zero-order valence-corrected chi connectivity index (χ0v) is 12.4. The minimum Gasteiger partial charge on any atom is -0.379 e. The molecule has 3 rings (SSSR count). The Morgan fingerprint density at radius 2 is 2.00 bits per heavy atom. The number of hydrogen-bond acceptors (Lipinski definition) is 4. The fourth-order valence-corrected chi connectivity index (χ4v) is 2.94. The second kappa shape index (κ2) is 6.75. The molecule has 2 aromatic rings. The molecule has 0 spiro atoms. The highest BCUT2D eigenvalue weighted by Crippen LogP contribution is 2.35. The summed E-state index contributed by atoms with van der Waals surface area (Å²) in [5.41, 5.74) is 0.780. The first-order valence-corrected chi connectivity index (χ1v) is 7.50. The van der Waals surface area contributed by atoms with Gasteiger partial charge in [0.25, 0.3) is 0 Å². The van der Waals surface area contributed by atoms with Crippen LogP contribution in [0.1, 0.15) is 18.1 Å². The van der Waals surface area contributed by atoms with Crippen LogP contribution in [0.2, 0.25) is 0 Å². The summed E-state index contributed by atoms with van der Waals surface area (Å²) in [5.74, 6) is -0.650. The lowest BCUT2D eigenvalue weighted by Crippen LogP contribution is -2.18. The Morgan fingerprint density at radius 1 is 1.22 bits per heavy atom. The molecule has 6 heteroatoms. The molecular weight excluding hydrogens is 299 g/mol. The number of rotatable bonds is 5. The van der Waals surface area contributed by atoms with Gasteiger partial charge >= 0.3 is 5.69 Å². The summed E-state index contributed by atoms with van der Waals surface area (Å²) in [7, 11) is 0. The van der Waals surface area contributed by atoms with Crippen LogP contribution in [-0.4, -0.2) is 18.1 Å². The molecule has 0 amide bonds. The van der Waals surface area contributed by atoms with Crippen molar-refractivity contribution in [2.45, 2.75) is 12.5 Å². The molecule has 0 aliphatic carbocycles. The molecule has 0 radical (unpaired) electrons. The van der Waals surface area contributed by atoms with E-state index in [1.165, 1.54) is 12.1 Å². The van der Waals surface area contributed by atoms with Gasteiger partial charge in [0.05, 0.1) is 11.0 Å². The lowest BCUT2D eigenvalue weighted by Gasteiger charge is -2.20. The molecule has 2 atom stereocenters. The number of benzene rings is 2. The second-order valence-corrected chi connectivity index (χ2v) is 5.52. The monoisotopic (exact) mass is 316 g/mol. The van der Waals surface area contributed by atoms with E-state index in [1.54, 1.807) is 0 Å². The molecule has 0 saturated carbocycles. The summed E-state index contributed by atoms with van der Waals surface area (Å²) in [5, 5.41) is 14.0. The Bertz CT molecular complexity index is 693. The van der Waals surface area contributed by atoms with Gasteiger partial charge in [0, 0.05) is 19.1 Å². The molecule has 120 valence electrons. The van der Waals surface area contributed by atoms with E-state index in [1.807, 2.05) is 30.3 Å². The van der Waals surface area contributed by atoms with E-state index in [9.17, 15) is 14.5 Å². The SMILES string of the molecule is O=[N+]([O-])c1c(F)cccc1NCC1CCOC1c1ccccc1. The largest absolute Gasteiger partial charge is 0.379 e. The van der Waals surface area contributed by atoms with Gasteiger partial charge in [-0.15, -0.1) is 0 Å². The van der Waals surface area contributed by atoms with E-state index < -0.39 is 16.4 Å². The van der Waals surface area contributed by atoms with Crippen molar-refractivity contribution < 1.29 is 14.1 Å². The maximum Gasteiger partial charge on any atom is 0.327 e. The Morgan fingerprint density at radius 3 is 2.74 bits per heavy atom. The van der Waals surface area contributed by atoms with Crippen LogP contribution in [0.3, 0.4) is 0 Å². The third kappa shape index (κ3) is 3.32. The van der Waals surface area contributed by atoms with E-state index in [0.29, 0.717) is 13.2 Å². The van der Waals surface area contributed by atoms with Crippen molar-refractivity contribution in [2.75, 3.05) is 18.5 Å². The number of nitrogens with one attached hydrogen (secondary N) is 1. The lowest BCUT2D eigenvalue weighted by molar-refractivity contribution is -0.386. The van der Waals surface area contributed by atoms with Crippen molar-refractivity contribution in [1.29, 1.82) is 0 Å². The van der Waals surface area contributed by atoms with Crippen LogP contribution in [0.5, 0.6) is 0 Å². The van der Waals surface area contributed by atoms with Crippen LogP contribution >= 0.6 is 0 Å². The fraction of sp³-hybridized carbons (Fsp3) is 0.294. The Kier molecular flexibility index (Phi) is 4.52. The van der Waals surface area contributed by atoms with Crippen molar-refractivity contribution in [3.63, 3.8) is 0 Å². The average molecular weight is 316 g/mol. The average Bonchev–Trinajstić information content (AvgIpc) is 3.02. The smallest absolute Gasteiger partial charge is 0.327 e. The van der Waals surface area contributed by atoms with E-state index in [-0.39, 0.29) is 17.7 Å². The standard InChI is InChI=1S/C17H17FN2O3/c18-14-7-4-8-15(16(14)20(21)22)19-11-13-9-10-23-17(13)12-5-2-1-3-6-12/h1-8,13,17,19H,9-11H2. The van der Waals surface area contributed by atoms with Crippen molar-refractivity contribution in [2.24, 2.45) is 5.92 Å². The van der Waals surface area contributed by atoms with Crippen molar-refractivity contribution in [3.8, 4) is 0 Å². The van der Waals surface area contributed by atoms with Gasteiger partial charge in [-0.2, -0.15) is 4.39 Å². The third-order valence-corrected chi connectivity index (χ3v) is 4.07. The Balaban J connectivity index is 1.73. The van der Waals surface area contributed by atoms with Gasteiger partial charge in [-0.25, -0.2) is 0 Å². The molecule has 0 aromatic heterocycles. The predicted octanol–water partition coefficient (Wildman–Crippen LogP) is 3.92. The Hall–Kier alpha value is -2.47. The zero-order chi connectivity index (χ0) is 16.2. The van der Waals surface area contributed by atoms with Crippen LogP contribution in [0.4, 0.5) is 15.8 Å². The van der Waals surface area contributed by atoms with E-state index in [2.05, 4.69) is 5.32 Å². The normalized spacial score (nSPS) is 20.4. The molecular formula is C17H17FN2O3. The number of nitro groups is 1. The van der Waals surface area contributed by atoms with Crippen LogP contribution in [0, 0.1) is 21.8 Å². The minimum atomic E-state index is -0.831. The molecule has 5 nitrogen and oxygen atoms in total. The molecule has 1 aliphatic rings. The van der Waals surface area contributed by atoms with Gasteiger partial charge in [-0.3, -0.25) is 10.1 Å². The fourth-order valence-electron chi connectivity index (χ4n) is 2.94. The number of para-hydroxylation sites is 1. The van der Waals surface area contributed by atoms with Crippen LogP contribution in [0.25, 0.3) is 0 Å². The summed E-state index contributed by atoms with van der Waals surface area (Å²) in [6.45, 7) is 1.14. The quantitative estimate of drug-likeness (QED) is 0.670. The predicted molar refractivity (Wildman–Crippen MR) is 84.8 cm³/mol. The van der Waals surface area contributed by atoms with E-state index in [0.717, 1.165) is 18.1 Å². The summed E-state index contributed by atoms with van der Waals surface area (Å²) < 4.78 is 19.4. The number of hydrogen-bond donors (Lipinski definition) is 1.